The Balaban J connectivity index is 2.00. The summed E-state index contributed by atoms with van der Waals surface area (Å²) in [5, 5.41) is 4.26. The maximum Gasteiger partial charge on any atom is 0.289 e. The molecule has 0 bridgehead atoms. The molecule has 118 valence electrons. The van der Waals surface area contributed by atoms with Crippen LogP contribution in [0.5, 0.6) is 5.75 Å². The molecule has 1 aromatic heterocycles. The van der Waals surface area contributed by atoms with Crippen LogP contribution < -0.4 is 10.1 Å². The number of likely N-dealkylation sites (tertiary alicyclic amines) is 1. The molecule has 1 aliphatic rings. The smallest absolute Gasteiger partial charge is 0.289 e. The number of rotatable bonds is 5. The highest BCUT2D eigenvalue weighted by Gasteiger charge is 2.24. The Labute approximate surface area is 130 Å². The quantitative estimate of drug-likeness (QED) is 0.923. The number of carbonyl (C=O) groups is 1. The molecule has 3 rings (SSSR count). The third kappa shape index (κ3) is 2.68. The SMILES string of the molecule is CCNCc1ccc(OC)c2oc(C(=O)N3CCCC3)cc12. The zero-order valence-electron chi connectivity index (χ0n) is 13.1. The molecule has 1 aromatic carbocycles. The third-order valence-electron chi connectivity index (χ3n) is 4.13. The topological polar surface area (TPSA) is 54.7 Å². The zero-order valence-corrected chi connectivity index (χ0v) is 13.1. The Morgan fingerprint density at radius 2 is 2.14 bits per heavy atom. The summed E-state index contributed by atoms with van der Waals surface area (Å²) in [7, 11) is 1.61. The van der Waals surface area contributed by atoms with Crippen molar-refractivity contribution in [3.05, 3.63) is 29.5 Å². The number of benzene rings is 1. The predicted molar refractivity (Wildman–Crippen MR) is 85.3 cm³/mol. The molecule has 5 heteroatoms. The largest absolute Gasteiger partial charge is 0.493 e. The standard InChI is InChI=1S/C17H22N2O3/c1-3-18-11-12-6-7-14(21-2)16-13(12)10-15(22-16)17(20)19-8-4-5-9-19/h6-7,10,18H,3-5,8-9,11H2,1-2H3. The first-order chi connectivity index (χ1) is 10.7. The maximum atomic E-state index is 12.5. The van der Waals surface area contributed by atoms with Crippen LogP contribution in [0.1, 0.15) is 35.9 Å². The molecule has 0 aliphatic carbocycles. The van der Waals surface area contributed by atoms with Crippen molar-refractivity contribution in [3.63, 3.8) is 0 Å². The van der Waals surface area contributed by atoms with E-state index in [4.69, 9.17) is 9.15 Å². The van der Waals surface area contributed by atoms with Gasteiger partial charge in [0.1, 0.15) is 0 Å². The van der Waals surface area contributed by atoms with Crippen molar-refractivity contribution in [1.29, 1.82) is 0 Å². The molecule has 1 fully saturated rings. The van der Waals surface area contributed by atoms with E-state index in [-0.39, 0.29) is 5.91 Å². The minimum atomic E-state index is -0.0230. The number of fused-ring (bicyclic) bond motifs is 1. The third-order valence-corrected chi connectivity index (χ3v) is 4.13. The molecular weight excluding hydrogens is 280 g/mol. The summed E-state index contributed by atoms with van der Waals surface area (Å²) in [5.74, 6) is 1.04. The second-order valence-electron chi connectivity index (χ2n) is 5.56. The normalized spacial score (nSPS) is 14.7. The van der Waals surface area contributed by atoms with Crippen LogP contribution in [0.15, 0.2) is 22.6 Å². The van der Waals surface area contributed by atoms with E-state index in [1.54, 1.807) is 7.11 Å². The van der Waals surface area contributed by atoms with E-state index in [2.05, 4.69) is 12.2 Å². The van der Waals surface area contributed by atoms with Crippen LogP contribution in [0.2, 0.25) is 0 Å². The van der Waals surface area contributed by atoms with Gasteiger partial charge in [-0.3, -0.25) is 4.79 Å². The van der Waals surface area contributed by atoms with E-state index < -0.39 is 0 Å². The molecular formula is C17H22N2O3. The average Bonchev–Trinajstić information content (AvgIpc) is 3.21. The predicted octanol–water partition coefficient (Wildman–Crippen LogP) is 2.79. The monoisotopic (exact) mass is 302 g/mol. The maximum absolute atomic E-state index is 12.5. The minimum Gasteiger partial charge on any atom is -0.493 e. The Kier molecular flexibility index (Phi) is 4.34. The van der Waals surface area contributed by atoms with Gasteiger partial charge in [-0.1, -0.05) is 13.0 Å². The van der Waals surface area contributed by atoms with Gasteiger partial charge in [-0.05, 0) is 37.1 Å². The molecule has 1 amide bonds. The zero-order chi connectivity index (χ0) is 15.5. The number of furan rings is 1. The summed E-state index contributed by atoms with van der Waals surface area (Å²) in [4.78, 5) is 14.4. The van der Waals surface area contributed by atoms with E-state index in [0.29, 0.717) is 17.1 Å². The molecule has 0 saturated carbocycles. The lowest BCUT2D eigenvalue weighted by Crippen LogP contribution is -2.27. The molecule has 22 heavy (non-hydrogen) atoms. The van der Waals surface area contributed by atoms with Crippen LogP contribution in [0, 0.1) is 0 Å². The van der Waals surface area contributed by atoms with Gasteiger partial charge in [0.05, 0.1) is 7.11 Å². The first-order valence-corrected chi connectivity index (χ1v) is 7.84. The summed E-state index contributed by atoms with van der Waals surface area (Å²) in [5.41, 5.74) is 1.77. The van der Waals surface area contributed by atoms with Gasteiger partial charge < -0.3 is 19.4 Å². The fourth-order valence-corrected chi connectivity index (χ4v) is 2.91. The van der Waals surface area contributed by atoms with Crippen molar-refractivity contribution in [2.75, 3.05) is 26.7 Å². The molecule has 1 saturated heterocycles. The molecule has 2 aromatic rings. The Bertz CT molecular complexity index is 672. The van der Waals surface area contributed by atoms with Crippen LogP contribution in [-0.4, -0.2) is 37.6 Å². The van der Waals surface area contributed by atoms with E-state index in [0.717, 1.165) is 50.0 Å². The summed E-state index contributed by atoms with van der Waals surface area (Å²) >= 11 is 0. The van der Waals surface area contributed by atoms with Gasteiger partial charge in [0.25, 0.3) is 5.91 Å². The van der Waals surface area contributed by atoms with Crippen LogP contribution in [0.25, 0.3) is 11.0 Å². The van der Waals surface area contributed by atoms with Crippen molar-refractivity contribution >= 4 is 16.9 Å². The van der Waals surface area contributed by atoms with Crippen molar-refractivity contribution in [3.8, 4) is 5.75 Å². The van der Waals surface area contributed by atoms with Gasteiger partial charge in [0, 0.05) is 25.0 Å². The van der Waals surface area contributed by atoms with Gasteiger partial charge in [-0.25, -0.2) is 0 Å². The lowest BCUT2D eigenvalue weighted by Gasteiger charge is -2.12. The lowest BCUT2D eigenvalue weighted by molar-refractivity contribution is 0.0763. The Hall–Kier alpha value is -2.01. The van der Waals surface area contributed by atoms with Crippen LogP contribution >= 0.6 is 0 Å². The number of carbonyl (C=O) groups excluding carboxylic acids is 1. The van der Waals surface area contributed by atoms with Crippen LogP contribution in [0.4, 0.5) is 0 Å². The fraction of sp³-hybridized carbons (Fsp3) is 0.471. The summed E-state index contributed by atoms with van der Waals surface area (Å²) < 4.78 is 11.2. The number of nitrogens with zero attached hydrogens (tertiary/aromatic N) is 1. The number of hydrogen-bond donors (Lipinski definition) is 1. The van der Waals surface area contributed by atoms with Gasteiger partial charge in [0.15, 0.2) is 17.1 Å². The summed E-state index contributed by atoms with van der Waals surface area (Å²) in [6.45, 7) is 5.34. The van der Waals surface area contributed by atoms with Crippen molar-refractivity contribution in [1.82, 2.24) is 10.2 Å². The molecule has 2 heterocycles. The molecule has 0 unspecified atom stereocenters. The first-order valence-electron chi connectivity index (χ1n) is 7.84. The molecule has 0 radical (unpaired) electrons. The fourth-order valence-electron chi connectivity index (χ4n) is 2.91. The van der Waals surface area contributed by atoms with Gasteiger partial charge in [-0.15, -0.1) is 0 Å². The average molecular weight is 302 g/mol. The van der Waals surface area contributed by atoms with Gasteiger partial charge in [0.2, 0.25) is 0 Å². The van der Waals surface area contributed by atoms with Gasteiger partial charge in [-0.2, -0.15) is 0 Å². The highest BCUT2D eigenvalue weighted by Crippen LogP contribution is 2.32. The summed E-state index contributed by atoms with van der Waals surface area (Å²) in [6.07, 6.45) is 2.14. The van der Waals surface area contributed by atoms with Crippen LogP contribution in [-0.2, 0) is 6.54 Å². The van der Waals surface area contributed by atoms with E-state index >= 15 is 0 Å². The van der Waals surface area contributed by atoms with E-state index in [9.17, 15) is 4.79 Å². The lowest BCUT2D eigenvalue weighted by atomic mass is 10.1. The number of nitrogens with one attached hydrogen (secondary N) is 1. The number of hydrogen-bond acceptors (Lipinski definition) is 4. The van der Waals surface area contributed by atoms with Crippen LogP contribution in [0.3, 0.4) is 0 Å². The van der Waals surface area contributed by atoms with E-state index in [1.165, 1.54) is 0 Å². The van der Waals surface area contributed by atoms with Crippen molar-refractivity contribution in [2.45, 2.75) is 26.3 Å². The van der Waals surface area contributed by atoms with Crippen molar-refractivity contribution < 1.29 is 13.9 Å². The van der Waals surface area contributed by atoms with Gasteiger partial charge >= 0.3 is 0 Å². The number of methoxy groups -OCH3 is 1. The second-order valence-corrected chi connectivity index (χ2v) is 5.56. The molecule has 1 N–H and O–H groups in total. The second kappa shape index (κ2) is 6.40. The Morgan fingerprint density at radius 3 is 2.82 bits per heavy atom. The Morgan fingerprint density at radius 1 is 1.36 bits per heavy atom. The number of ether oxygens (including phenoxy) is 1. The van der Waals surface area contributed by atoms with E-state index in [1.807, 2.05) is 23.1 Å². The minimum absolute atomic E-state index is 0.0230. The van der Waals surface area contributed by atoms with Crippen molar-refractivity contribution in [2.24, 2.45) is 0 Å². The molecule has 5 nitrogen and oxygen atoms in total. The summed E-state index contributed by atoms with van der Waals surface area (Å²) in [6, 6.07) is 5.76. The first kappa shape index (κ1) is 14.9. The molecule has 1 aliphatic heterocycles. The highest BCUT2D eigenvalue weighted by atomic mass is 16.5. The number of amides is 1. The molecule has 0 spiro atoms. The highest BCUT2D eigenvalue weighted by molar-refractivity contribution is 5.98. The molecule has 0 atom stereocenters.